The predicted molar refractivity (Wildman–Crippen MR) is 82.8 cm³/mol. The van der Waals surface area contributed by atoms with Gasteiger partial charge in [0.2, 0.25) is 0 Å². The molecule has 0 aliphatic rings. The van der Waals surface area contributed by atoms with E-state index >= 15 is 0 Å². The lowest BCUT2D eigenvalue weighted by molar-refractivity contribution is 0.205. The number of para-hydroxylation sites is 1. The molecule has 0 unspecified atom stereocenters. The van der Waals surface area contributed by atoms with Gasteiger partial charge in [-0.3, -0.25) is 0 Å². The van der Waals surface area contributed by atoms with Gasteiger partial charge >= 0.3 is 6.03 Å². The van der Waals surface area contributed by atoms with E-state index in [1.165, 1.54) is 0 Å². The van der Waals surface area contributed by atoms with Crippen molar-refractivity contribution in [1.82, 2.24) is 15.4 Å². The molecule has 2 rings (SSSR count). The van der Waals surface area contributed by atoms with E-state index in [0.29, 0.717) is 19.5 Å². The molecule has 1 heterocycles. The van der Waals surface area contributed by atoms with Crippen molar-refractivity contribution in [3.63, 3.8) is 0 Å². The third kappa shape index (κ3) is 4.25. The highest BCUT2D eigenvalue weighted by atomic mass is 16.5. The molecule has 0 aliphatic carbocycles. The summed E-state index contributed by atoms with van der Waals surface area (Å²) in [6.07, 6.45) is 0.715. The molecule has 6 heteroatoms. The van der Waals surface area contributed by atoms with E-state index in [-0.39, 0.29) is 6.03 Å². The minimum absolute atomic E-state index is 0.143. The zero-order valence-corrected chi connectivity index (χ0v) is 13.1. The van der Waals surface area contributed by atoms with E-state index in [1.807, 2.05) is 37.3 Å². The van der Waals surface area contributed by atoms with E-state index in [9.17, 15) is 4.79 Å². The number of carbonyl (C=O) groups excluding carboxylic acids is 1. The van der Waals surface area contributed by atoms with Crippen molar-refractivity contribution in [2.75, 3.05) is 20.7 Å². The Morgan fingerprint density at radius 1 is 1.41 bits per heavy atom. The lowest BCUT2D eigenvalue weighted by Crippen LogP contribution is -2.37. The van der Waals surface area contributed by atoms with Crippen molar-refractivity contribution in [3.05, 3.63) is 47.3 Å². The van der Waals surface area contributed by atoms with Crippen LogP contribution in [0.15, 0.2) is 34.9 Å². The molecule has 22 heavy (non-hydrogen) atoms. The Labute approximate surface area is 130 Å². The molecule has 0 spiro atoms. The van der Waals surface area contributed by atoms with Gasteiger partial charge in [-0.1, -0.05) is 23.4 Å². The summed E-state index contributed by atoms with van der Waals surface area (Å²) >= 11 is 0. The summed E-state index contributed by atoms with van der Waals surface area (Å²) in [7, 11) is 3.37. The minimum atomic E-state index is -0.143. The van der Waals surface area contributed by atoms with Crippen LogP contribution in [0.2, 0.25) is 0 Å². The number of ether oxygens (including phenoxy) is 1. The molecule has 1 aromatic heterocycles. The van der Waals surface area contributed by atoms with Gasteiger partial charge in [-0.15, -0.1) is 0 Å². The molecule has 118 valence electrons. The molecule has 0 saturated heterocycles. The van der Waals surface area contributed by atoms with Crippen LogP contribution in [0.5, 0.6) is 5.75 Å². The fourth-order valence-corrected chi connectivity index (χ4v) is 2.16. The normalized spacial score (nSPS) is 10.3. The Morgan fingerprint density at radius 3 is 2.86 bits per heavy atom. The third-order valence-electron chi connectivity index (χ3n) is 3.29. The Bertz CT molecular complexity index is 625. The number of hydrogen-bond acceptors (Lipinski definition) is 4. The number of rotatable bonds is 6. The SMILES string of the molecule is COc1ccccc1CCNC(=O)N(C)Cc1cc(C)on1. The van der Waals surface area contributed by atoms with Crippen molar-refractivity contribution >= 4 is 6.03 Å². The van der Waals surface area contributed by atoms with Crippen LogP contribution < -0.4 is 10.1 Å². The minimum Gasteiger partial charge on any atom is -0.496 e. The van der Waals surface area contributed by atoms with Crippen LogP contribution in [0.4, 0.5) is 4.79 Å². The number of nitrogens with zero attached hydrogens (tertiary/aromatic N) is 2. The lowest BCUT2D eigenvalue weighted by Gasteiger charge is -2.16. The average molecular weight is 303 g/mol. The van der Waals surface area contributed by atoms with Gasteiger partial charge in [0.25, 0.3) is 0 Å². The van der Waals surface area contributed by atoms with Gasteiger partial charge in [-0.25, -0.2) is 4.79 Å². The van der Waals surface area contributed by atoms with Crippen molar-refractivity contribution < 1.29 is 14.1 Å². The van der Waals surface area contributed by atoms with Crippen molar-refractivity contribution in [1.29, 1.82) is 0 Å². The fraction of sp³-hybridized carbons (Fsp3) is 0.375. The van der Waals surface area contributed by atoms with E-state index in [4.69, 9.17) is 9.26 Å². The Balaban J connectivity index is 1.79. The van der Waals surface area contributed by atoms with E-state index < -0.39 is 0 Å². The number of methoxy groups -OCH3 is 1. The molecular formula is C16H21N3O3. The summed E-state index contributed by atoms with van der Waals surface area (Å²) in [5.74, 6) is 1.57. The lowest BCUT2D eigenvalue weighted by atomic mass is 10.1. The molecule has 0 fully saturated rings. The van der Waals surface area contributed by atoms with E-state index in [0.717, 1.165) is 22.8 Å². The van der Waals surface area contributed by atoms with Gasteiger partial charge in [-0.05, 0) is 25.0 Å². The maximum Gasteiger partial charge on any atom is 0.317 e. The van der Waals surface area contributed by atoms with Crippen molar-refractivity contribution in [3.8, 4) is 5.75 Å². The van der Waals surface area contributed by atoms with Gasteiger partial charge in [0.15, 0.2) is 0 Å². The van der Waals surface area contributed by atoms with Crippen LogP contribution in [0.3, 0.4) is 0 Å². The number of urea groups is 1. The van der Waals surface area contributed by atoms with Crippen molar-refractivity contribution in [2.45, 2.75) is 19.9 Å². The molecule has 0 saturated carbocycles. The Kier molecular flexibility index (Phi) is 5.41. The Hall–Kier alpha value is -2.50. The largest absolute Gasteiger partial charge is 0.496 e. The van der Waals surface area contributed by atoms with E-state index in [2.05, 4.69) is 10.5 Å². The molecule has 1 N–H and O–H groups in total. The zero-order chi connectivity index (χ0) is 15.9. The molecule has 1 aromatic carbocycles. The summed E-state index contributed by atoms with van der Waals surface area (Å²) in [4.78, 5) is 13.6. The fourth-order valence-electron chi connectivity index (χ4n) is 2.16. The number of hydrogen-bond donors (Lipinski definition) is 1. The monoisotopic (exact) mass is 303 g/mol. The first-order valence-electron chi connectivity index (χ1n) is 7.13. The quantitative estimate of drug-likeness (QED) is 0.889. The molecule has 2 aromatic rings. The van der Waals surface area contributed by atoms with Gasteiger partial charge < -0.3 is 19.5 Å². The first-order valence-corrected chi connectivity index (χ1v) is 7.13. The van der Waals surface area contributed by atoms with Crippen LogP contribution in [0.25, 0.3) is 0 Å². The highest BCUT2D eigenvalue weighted by molar-refractivity contribution is 5.73. The number of aryl methyl sites for hydroxylation is 1. The molecule has 6 nitrogen and oxygen atoms in total. The van der Waals surface area contributed by atoms with Gasteiger partial charge in [0.05, 0.1) is 13.7 Å². The predicted octanol–water partition coefficient (Wildman–Crippen LogP) is 2.38. The highest BCUT2D eigenvalue weighted by Gasteiger charge is 2.11. The molecule has 0 bridgehead atoms. The summed E-state index contributed by atoms with van der Waals surface area (Å²) in [6, 6.07) is 9.46. The second-order valence-electron chi connectivity index (χ2n) is 5.08. The number of benzene rings is 1. The van der Waals surface area contributed by atoms with Gasteiger partial charge in [0, 0.05) is 19.7 Å². The second-order valence-corrected chi connectivity index (χ2v) is 5.08. The third-order valence-corrected chi connectivity index (χ3v) is 3.29. The van der Waals surface area contributed by atoms with Gasteiger partial charge in [-0.2, -0.15) is 0 Å². The van der Waals surface area contributed by atoms with Crippen LogP contribution in [-0.2, 0) is 13.0 Å². The number of carbonyl (C=O) groups is 1. The first kappa shape index (κ1) is 15.9. The highest BCUT2D eigenvalue weighted by Crippen LogP contribution is 2.17. The topological polar surface area (TPSA) is 67.6 Å². The standard InChI is InChI=1S/C16H21N3O3/c1-12-10-14(18-22-12)11-19(2)16(20)17-9-8-13-6-4-5-7-15(13)21-3/h4-7,10H,8-9,11H2,1-3H3,(H,17,20). The average Bonchev–Trinajstić information content (AvgIpc) is 2.92. The number of aromatic nitrogens is 1. The van der Waals surface area contributed by atoms with Crippen molar-refractivity contribution in [2.24, 2.45) is 0 Å². The van der Waals surface area contributed by atoms with Gasteiger partial charge in [0.1, 0.15) is 17.2 Å². The maximum absolute atomic E-state index is 12.0. The number of nitrogens with one attached hydrogen (secondary N) is 1. The summed E-state index contributed by atoms with van der Waals surface area (Å²) < 4.78 is 10.3. The molecule has 0 atom stereocenters. The summed E-state index contributed by atoms with van der Waals surface area (Å²) in [5.41, 5.74) is 1.81. The Morgan fingerprint density at radius 2 is 2.18 bits per heavy atom. The molecule has 0 aliphatic heterocycles. The molecule has 2 amide bonds. The van der Waals surface area contributed by atoms with Crippen LogP contribution in [-0.4, -0.2) is 36.8 Å². The molecular weight excluding hydrogens is 282 g/mol. The smallest absolute Gasteiger partial charge is 0.317 e. The van der Waals surface area contributed by atoms with E-state index in [1.54, 1.807) is 19.1 Å². The van der Waals surface area contributed by atoms with Crippen LogP contribution in [0.1, 0.15) is 17.0 Å². The number of amides is 2. The maximum atomic E-state index is 12.0. The zero-order valence-electron chi connectivity index (χ0n) is 13.1. The van der Waals surface area contributed by atoms with Crippen LogP contribution in [0, 0.1) is 6.92 Å². The first-order chi connectivity index (χ1) is 10.6. The summed E-state index contributed by atoms with van der Waals surface area (Å²) in [6.45, 7) is 2.78. The molecule has 0 radical (unpaired) electrons. The second kappa shape index (κ2) is 7.49. The summed E-state index contributed by atoms with van der Waals surface area (Å²) in [5, 5.41) is 6.76. The van der Waals surface area contributed by atoms with Crippen LogP contribution >= 0.6 is 0 Å².